The Morgan fingerprint density at radius 2 is 2.48 bits per heavy atom. The van der Waals surface area contributed by atoms with Gasteiger partial charge in [-0.25, -0.2) is 4.79 Å². The number of ether oxygens (including phenoxy) is 3. The van der Waals surface area contributed by atoms with Crippen LogP contribution in [0, 0.1) is 0 Å². The molecule has 0 aromatic carbocycles. The van der Waals surface area contributed by atoms with Crippen LogP contribution in [0.4, 0.5) is 0 Å². The summed E-state index contributed by atoms with van der Waals surface area (Å²) in [6, 6.07) is 5.66. The van der Waals surface area contributed by atoms with E-state index in [0.717, 1.165) is 24.3 Å². The van der Waals surface area contributed by atoms with Crippen LogP contribution in [0.2, 0.25) is 0 Å². The first-order valence-corrected chi connectivity index (χ1v) is 8.49. The van der Waals surface area contributed by atoms with Crippen LogP contribution in [0.15, 0.2) is 28.1 Å². The third-order valence-corrected chi connectivity index (χ3v) is 4.46. The summed E-state index contributed by atoms with van der Waals surface area (Å²) in [5, 5.41) is 5.87. The van der Waals surface area contributed by atoms with E-state index < -0.39 is 12.1 Å². The lowest BCUT2D eigenvalue weighted by Gasteiger charge is -2.15. The van der Waals surface area contributed by atoms with Crippen molar-refractivity contribution in [2.45, 2.75) is 38.6 Å². The second-order valence-corrected chi connectivity index (χ2v) is 6.33. The van der Waals surface area contributed by atoms with Crippen LogP contribution in [0.1, 0.15) is 25.5 Å². The van der Waals surface area contributed by atoms with Crippen LogP contribution in [0.3, 0.4) is 0 Å². The molecule has 23 heavy (non-hydrogen) atoms. The fraction of sp³-hybridized carbons (Fsp3) is 0.500. The zero-order chi connectivity index (χ0) is 16.1. The SMILES string of the molecule is CC(OCC1CCCO1)C(=O)OCc1cc(-c2cccs2)on1. The second-order valence-electron chi connectivity index (χ2n) is 5.38. The van der Waals surface area contributed by atoms with Crippen molar-refractivity contribution in [3.05, 3.63) is 29.3 Å². The normalized spacial score (nSPS) is 18.9. The molecule has 7 heteroatoms. The van der Waals surface area contributed by atoms with Gasteiger partial charge in [0.25, 0.3) is 0 Å². The van der Waals surface area contributed by atoms with Crippen molar-refractivity contribution in [2.24, 2.45) is 0 Å². The summed E-state index contributed by atoms with van der Waals surface area (Å²) in [6.07, 6.45) is 1.50. The summed E-state index contributed by atoms with van der Waals surface area (Å²) in [4.78, 5) is 12.9. The Hall–Kier alpha value is -1.70. The Morgan fingerprint density at radius 3 is 3.22 bits per heavy atom. The number of aromatic nitrogens is 1. The van der Waals surface area contributed by atoms with Gasteiger partial charge in [0.05, 0.1) is 17.6 Å². The third kappa shape index (κ3) is 4.40. The summed E-state index contributed by atoms with van der Waals surface area (Å²) in [5.74, 6) is 0.261. The Balaban J connectivity index is 1.43. The van der Waals surface area contributed by atoms with Crippen molar-refractivity contribution in [2.75, 3.05) is 13.2 Å². The smallest absolute Gasteiger partial charge is 0.335 e. The molecule has 0 bridgehead atoms. The molecule has 2 aromatic rings. The van der Waals surface area contributed by atoms with E-state index in [2.05, 4.69) is 5.16 Å². The number of rotatable bonds is 7. The zero-order valence-electron chi connectivity index (χ0n) is 12.9. The summed E-state index contributed by atoms with van der Waals surface area (Å²) < 4.78 is 21.4. The van der Waals surface area contributed by atoms with Crippen molar-refractivity contribution < 1.29 is 23.5 Å². The molecule has 124 valence electrons. The molecule has 3 rings (SSSR count). The predicted octanol–water partition coefficient (Wildman–Crippen LogP) is 3.03. The van der Waals surface area contributed by atoms with Gasteiger partial charge in [-0.3, -0.25) is 0 Å². The molecule has 0 spiro atoms. The van der Waals surface area contributed by atoms with E-state index in [1.54, 1.807) is 24.3 Å². The Morgan fingerprint density at radius 1 is 1.57 bits per heavy atom. The molecule has 0 saturated carbocycles. The molecular formula is C16H19NO5S. The lowest BCUT2D eigenvalue weighted by atomic mass is 10.2. The van der Waals surface area contributed by atoms with Crippen molar-refractivity contribution in [1.29, 1.82) is 0 Å². The van der Waals surface area contributed by atoms with Crippen LogP contribution in [0.5, 0.6) is 0 Å². The van der Waals surface area contributed by atoms with Gasteiger partial charge >= 0.3 is 5.97 Å². The molecule has 1 saturated heterocycles. The number of thiophene rings is 1. The molecular weight excluding hydrogens is 318 g/mol. The molecule has 1 aliphatic heterocycles. The van der Waals surface area contributed by atoms with E-state index in [1.807, 2.05) is 17.5 Å². The summed E-state index contributed by atoms with van der Waals surface area (Å²) in [6.45, 7) is 2.94. The van der Waals surface area contributed by atoms with Crippen LogP contribution in [-0.4, -0.2) is 36.5 Å². The largest absolute Gasteiger partial charge is 0.457 e. The number of hydrogen-bond acceptors (Lipinski definition) is 7. The highest BCUT2D eigenvalue weighted by atomic mass is 32.1. The van der Waals surface area contributed by atoms with Gasteiger partial charge in [-0.15, -0.1) is 11.3 Å². The first kappa shape index (κ1) is 16.2. The van der Waals surface area contributed by atoms with Gasteiger partial charge in [-0.1, -0.05) is 11.2 Å². The second kappa shape index (κ2) is 7.72. The van der Waals surface area contributed by atoms with E-state index in [1.165, 1.54) is 0 Å². The number of esters is 1. The maximum atomic E-state index is 11.9. The van der Waals surface area contributed by atoms with E-state index in [-0.39, 0.29) is 12.7 Å². The van der Waals surface area contributed by atoms with Gasteiger partial charge in [0.1, 0.15) is 12.3 Å². The molecule has 6 nitrogen and oxygen atoms in total. The average molecular weight is 337 g/mol. The van der Waals surface area contributed by atoms with Crippen LogP contribution in [0.25, 0.3) is 10.6 Å². The zero-order valence-corrected chi connectivity index (χ0v) is 13.7. The quantitative estimate of drug-likeness (QED) is 0.723. The average Bonchev–Trinajstić information content (AvgIpc) is 3.32. The minimum absolute atomic E-state index is 0.0708. The summed E-state index contributed by atoms with van der Waals surface area (Å²) in [7, 11) is 0. The molecule has 2 unspecified atom stereocenters. The fourth-order valence-electron chi connectivity index (χ4n) is 2.27. The number of carbonyl (C=O) groups is 1. The monoisotopic (exact) mass is 337 g/mol. The predicted molar refractivity (Wildman–Crippen MR) is 84.0 cm³/mol. The number of nitrogens with zero attached hydrogens (tertiary/aromatic N) is 1. The van der Waals surface area contributed by atoms with Gasteiger partial charge in [-0.2, -0.15) is 0 Å². The topological polar surface area (TPSA) is 70.8 Å². The van der Waals surface area contributed by atoms with Gasteiger partial charge in [-0.05, 0) is 31.2 Å². The van der Waals surface area contributed by atoms with E-state index >= 15 is 0 Å². The molecule has 0 N–H and O–H groups in total. The maximum absolute atomic E-state index is 11.9. The molecule has 0 aliphatic carbocycles. The molecule has 1 fully saturated rings. The Kier molecular flexibility index (Phi) is 5.43. The summed E-state index contributed by atoms with van der Waals surface area (Å²) >= 11 is 1.56. The van der Waals surface area contributed by atoms with Crippen LogP contribution >= 0.6 is 11.3 Å². The van der Waals surface area contributed by atoms with Crippen molar-refractivity contribution in [1.82, 2.24) is 5.16 Å². The van der Waals surface area contributed by atoms with Gasteiger partial charge < -0.3 is 18.7 Å². The highest BCUT2D eigenvalue weighted by molar-refractivity contribution is 7.13. The first-order valence-electron chi connectivity index (χ1n) is 7.61. The minimum atomic E-state index is -0.622. The van der Waals surface area contributed by atoms with Crippen molar-refractivity contribution >= 4 is 17.3 Å². The highest BCUT2D eigenvalue weighted by Crippen LogP contribution is 2.25. The molecule has 3 heterocycles. The lowest BCUT2D eigenvalue weighted by Crippen LogP contribution is -2.27. The van der Waals surface area contributed by atoms with Crippen molar-refractivity contribution in [3.8, 4) is 10.6 Å². The fourth-order valence-corrected chi connectivity index (χ4v) is 2.95. The molecule has 1 aliphatic rings. The Labute approximate surface area is 138 Å². The van der Waals surface area contributed by atoms with Crippen LogP contribution in [-0.2, 0) is 25.6 Å². The standard InChI is InChI=1S/C16H19NO5S/c1-11(20-10-13-4-2-6-19-13)16(18)21-9-12-8-14(22-17-12)15-5-3-7-23-15/h3,5,7-8,11,13H,2,4,6,9-10H2,1H3. The molecule has 2 atom stereocenters. The molecule has 0 amide bonds. The number of carbonyl (C=O) groups excluding carboxylic acids is 1. The van der Waals surface area contributed by atoms with E-state index in [9.17, 15) is 4.79 Å². The highest BCUT2D eigenvalue weighted by Gasteiger charge is 2.21. The molecule has 0 radical (unpaired) electrons. The van der Waals surface area contributed by atoms with E-state index in [4.69, 9.17) is 18.7 Å². The summed E-state index contributed by atoms with van der Waals surface area (Å²) in [5.41, 5.74) is 0.577. The third-order valence-electron chi connectivity index (χ3n) is 3.57. The van der Waals surface area contributed by atoms with E-state index in [0.29, 0.717) is 18.1 Å². The number of hydrogen-bond donors (Lipinski definition) is 0. The lowest BCUT2D eigenvalue weighted by molar-refractivity contribution is -0.159. The van der Waals surface area contributed by atoms with Gasteiger partial charge in [0, 0.05) is 12.7 Å². The Bertz CT molecular complexity index is 618. The van der Waals surface area contributed by atoms with Gasteiger partial charge in [0.15, 0.2) is 11.9 Å². The van der Waals surface area contributed by atoms with Crippen LogP contribution < -0.4 is 0 Å². The van der Waals surface area contributed by atoms with Crippen molar-refractivity contribution in [3.63, 3.8) is 0 Å². The maximum Gasteiger partial charge on any atom is 0.335 e. The first-order chi connectivity index (χ1) is 11.2. The molecule has 2 aromatic heterocycles. The van der Waals surface area contributed by atoms with Gasteiger partial charge in [0.2, 0.25) is 0 Å². The minimum Gasteiger partial charge on any atom is -0.457 e.